The van der Waals surface area contributed by atoms with E-state index < -0.39 is 17.7 Å². The first-order valence-corrected chi connectivity index (χ1v) is 11.5. The van der Waals surface area contributed by atoms with E-state index in [0.29, 0.717) is 29.4 Å². The molecule has 1 aliphatic heterocycles. The summed E-state index contributed by atoms with van der Waals surface area (Å²) in [6.45, 7) is 8.07. The third-order valence-corrected chi connectivity index (χ3v) is 6.23. The molecule has 1 fully saturated rings. The number of amides is 1. The number of carbonyl (C=O) groups excluding carboxylic acids is 2. The first kappa shape index (κ1) is 24.1. The van der Waals surface area contributed by atoms with Crippen molar-refractivity contribution in [3.63, 3.8) is 0 Å². The number of aryl methyl sites for hydroxylation is 3. The van der Waals surface area contributed by atoms with Crippen LogP contribution < -0.4 is 14.4 Å². The number of rotatable bonds is 6. The first-order valence-electron chi connectivity index (χ1n) is 11.5. The Morgan fingerprint density at radius 2 is 1.69 bits per heavy atom. The van der Waals surface area contributed by atoms with Crippen LogP contribution in [-0.4, -0.2) is 30.5 Å². The summed E-state index contributed by atoms with van der Waals surface area (Å²) < 4.78 is 10.9. The highest BCUT2D eigenvalue weighted by Gasteiger charge is 2.47. The number of ketones is 1. The van der Waals surface area contributed by atoms with Gasteiger partial charge in [-0.1, -0.05) is 29.8 Å². The van der Waals surface area contributed by atoms with Gasteiger partial charge in [-0.2, -0.15) is 0 Å². The van der Waals surface area contributed by atoms with Crippen LogP contribution in [0.25, 0.3) is 5.76 Å². The minimum Gasteiger partial charge on any atom is -0.507 e. The van der Waals surface area contributed by atoms with Crippen molar-refractivity contribution >= 4 is 23.1 Å². The average molecular weight is 472 g/mol. The van der Waals surface area contributed by atoms with Crippen LogP contribution in [0.3, 0.4) is 0 Å². The Bertz CT molecular complexity index is 1320. The Labute approximate surface area is 205 Å². The number of nitrogens with zero attached hydrogens (tertiary/aromatic N) is 1. The summed E-state index contributed by atoms with van der Waals surface area (Å²) in [5, 5.41) is 11.5. The van der Waals surface area contributed by atoms with Crippen LogP contribution in [-0.2, 0) is 9.59 Å². The molecule has 1 amide bonds. The van der Waals surface area contributed by atoms with Crippen LogP contribution >= 0.6 is 0 Å². The second kappa shape index (κ2) is 9.66. The molecule has 4 rings (SSSR count). The Kier molecular flexibility index (Phi) is 6.65. The number of anilines is 1. The maximum Gasteiger partial charge on any atom is 0.300 e. The van der Waals surface area contributed by atoms with E-state index in [2.05, 4.69) is 0 Å². The zero-order chi connectivity index (χ0) is 25.3. The molecule has 3 aromatic rings. The topological polar surface area (TPSA) is 76.1 Å². The molecule has 35 heavy (non-hydrogen) atoms. The summed E-state index contributed by atoms with van der Waals surface area (Å²) in [6.07, 6.45) is 0. The van der Waals surface area contributed by atoms with E-state index in [1.54, 1.807) is 37.4 Å². The van der Waals surface area contributed by atoms with Gasteiger partial charge < -0.3 is 14.6 Å². The monoisotopic (exact) mass is 471 g/mol. The van der Waals surface area contributed by atoms with Crippen LogP contribution in [0.1, 0.15) is 40.8 Å². The molecule has 180 valence electrons. The largest absolute Gasteiger partial charge is 0.507 e. The average Bonchev–Trinajstić information content (AvgIpc) is 3.11. The van der Waals surface area contributed by atoms with Gasteiger partial charge in [0.15, 0.2) is 0 Å². The first-order chi connectivity index (χ1) is 16.8. The summed E-state index contributed by atoms with van der Waals surface area (Å²) in [7, 11) is 1.58. The van der Waals surface area contributed by atoms with E-state index in [1.807, 2.05) is 58.0 Å². The van der Waals surface area contributed by atoms with E-state index in [-0.39, 0.29) is 11.3 Å². The fraction of sp³-hybridized carbons (Fsp3) is 0.241. The highest BCUT2D eigenvalue weighted by Crippen LogP contribution is 2.43. The Morgan fingerprint density at radius 3 is 2.31 bits per heavy atom. The van der Waals surface area contributed by atoms with Crippen molar-refractivity contribution in [3.8, 4) is 11.5 Å². The van der Waals surface area contributed by atoms with Crippen molar-refractivity contribution in [2.75, 3.05) is 18.6 Å². The Hall–Kier alpha value is -4.06. The molecule has 1 heterocycles. The normalized spacial score (nSPS) is 17.1. The van der Waals surface area contributed by atoms with Gasteiger partial charge in [0.25, 0.3) is 11.7 Å². The highest BCUT2D eigenvalue weighted by molar-refractivity contribution is 6.51. The minimum absolute atomic E-state index is 0.0575. The second-order valence-corrected chi connectivity index (χ2v) is 8.65. The van der Waals surface area contributed by atoms with Gasteiger partial charge in [0.2, 0.25) is 0 Å². The van der Waals surface area contributed by atoms with Crippen molar-refractivity contribution in [1.82, 2.24) is 0 Å². The van der Waals surface area contributed by atoms with Crippen LogP contribution in [0.15, 0.2) is 66.2 Å². The van der Waals surface area contributed by atoms with Crippen molar-refractivity contribution in [3.05, 3.63) is 94.1 Å². The quantitative estimate of drug-likeness (QED) is 0.286. The lowest BCUT2D eigenvalue weighted by molar-refractivity contribution is -0.132. The predicted molar refractivity (Wildman–Crippen MR) is 136 cm³/mol. The number of hydrogen-bond acceptors (Lipinski definition) is 5. The van der Waals surface area contributed by atoms with Gasteiger partial charge in [-0.15, -0.1) is 0 Å². The number of hydrogen-bond donors (Lipinski definition) is 1. The van der Waals surface area contributed by atoms with E-state index in [0.717, 1.165) is 22.3 Å². The molecule has 6 nitrogen and oxygen atoms in total. The van der Waals surface area contributed by atoms with Gasteiger partial charge >= 0.3 is 0 Å². The number of Topliss-reactive ketones (excluding diaryl/α,β-unsaturated/α-hetero) is 1. The lowest BCUT2D eigenvalue weighted by Crippen LogP contribution is -2.29. The number of benzene rings is 3. The lowest BCUT2D eigenvalue weighted by Gasteiger charge is -2.26. The lowest BCUT2D eigenvalue weighted by atomic mass is 9.92. The van der Waals surface area contributed by atoms with E-state index in [4.69, 9.17) is 9.47 Å². The molecule has 1 unspecified atom stereocenters. The van der Waals surface area contributed by atoms with Gasteiger partial charge in [0.05, 0.1) is 25.3 Å². The zero-order valence-corrected chi connectivity index (χ0v) is 20.6. The molecule has 0 aliphatic carbocycles. The van der Waals surface area contributed by atoms with Crippen molar-refractivity contribution in [2.45, 2.75) is 33.7 Å². The number of ether oxygens (including phenoxy) is 2. The van der Waals surface area contributed by atoms with E-state index in [9.17, 15) is 14.7 Å². The van der Waals surface area contributed by atoms with Crippen molar-refractivity contribution in [2.24, 2.45) is 0 Å². The SMILES string of the molecule is CCOc1ccc(N2C(=O)C(=O)/C(=C(/O)c3cc(C)c(OC)cc3C)C2c2cccc(C)c2)cc1. The highest BCUT2D eigenvalue weighted by atomic mass is 16.5. The zero-order valence-electron chi connectivity index (χ0n) is 20.6. The van der Waals surface area contributed by atoms with Crippen LogP contribution in [0.5, 0.6) is 11.5 Å². The molecule has 0 radical (unpaired) electrons. The van der Waals surface area contributed by atoms with Gasteiger partial charge in [-0.05, 0) is 80.8 Å². The molecular weight excluding hydrogens is 442 g/mol. The summed E-state index contributed by atoms with van der Waals surface area (Å²) in [6, 6.07) is 17.5. The van der Waals surface area contributed by atoms with Crippen molar-refractivity contribution < 1.29 is 24.2 Å². The Morgan fingerprint density at radius 1 is 0.971 bits per heavy atom. The summed E-state index contributed by atoms with van der Waals surface area (Å²) >= 11 is 0. The molecule has 1 atom stereocenters. The molecule has 0 aromatic heterocycles. The third kappa shape index (κ3) is 4.39. The van der Waals surface area contributed by atoms with Gasteiger partial charge in [-0.3, -0.25) is 14.5 Å². The molecule has 1 saturated heterocycles. The predicted octanol–water partition coefficient (Wildman–Crippen LogP) is 5.65. The van der Waals surface area contributed by atoms with Gasteiger partial charge in [-0.25, -0.2) is 0 Å². The molecule has 6 heteroatoms. The molecular formula is C29H29NO5. The summed E-state index contributed by atoms with van der Waals surface area (Å²) in [5.41, 5.74) is 4.36. The standard InChI is InChI=1S/C29H29NO5/c1-6-35-22-12-10-21(11-13-22)30-26(20-9-7-8-17(2)14-20)25(28(32)29(30)33)27(31)23-15-19(4)24(34-5)16-18(23)3/h7-16,26,31H,6H2,1-5H3/b27-25+. The van der Waals surface area contributed by atoms with E-state index in [1.165, 1.54) is 4.90 Å². The third-order valence-electron chi connectivity index (χ3n) is 6.23. The number of methoxy groups -OCH3 is 1. The molecule has 3 aromatic carbocycles. The molecule has 0 saturated carbocycles. The second-order valence-electron chi connectivity index (χ2n) is 8.65. The fourth-order valence-electron chi connectivity index (χ4n) is 4.53. The van der Waals surface area contributed by atoms with Gasteiger partial charge in [0.1, 0.15) is 17.3 Å². The maximum atomic E-state index is 13.4. The smallest absolute Gasteiger partial charge is 0.300 e. The molecule has 1 N–H and O–H groups in total. The summed E-state index contributed by atoms with van der Waals surface area (Å²) in [4.78, 5) is 28.2. The minimum atomic E-state index is -0.783. The molecule has 0 bridgehead atoms. The van der Waals surface area contributed by atoms with Crippen LogP contribution in [0.2, 0.25) is 0 Å². The van der Waals surface area contributed by atoms with Gasteiger partial charge in [0, 0.05) is 11.3 Å². The van der Waals surface area contributed by atoms with Crippen LogP contribution in [0, 0.1) is 20.8 Å². The van der Waals surface area contributed by atoms with Crippen LogP contribution in [0.4, 0.5) is 5.69 Å². The number of aliphatic hydroxyl groups is 1. The maximum absolute atomic E-state index is 13.4. The number of carbonyl (C=O) groups is 2. The van der Waals surface area contributed by atoms with Crippen molar-refractivity contribution in [1.29, 1.82) is 0 Å². The summed E-state index contributed by atoms with van der Waals surface area (Å²) in [5.74, 6) is -0.263. The molecule has 0 spiro atoms. The Balaban J connectivity index is 1.93. The fourth-order valence-corrected chi connectivity index (χ4v) is 4.53. The number of aliphatic hydroxyl groups excluding tert-OH is 1. The van der Waals surface area contributed by atoms with E-state index >= 15 is 0 Å². The molecule has 1 aliphatic rings.